The normalized spacial score (nSPS) is 11.1. The Labute approximate surface area is 198 Å². The van der Waals surface area contributed by atoms with Crippen LogP contribution in [0.15, 0.2) is 78.9 Å². The van der Waals surface area contributed by atoms with E-state index in [1.165, 1.54) is 11.3 Å². The fourth-order valence-corrected chi connectivity index (χ4v) is 4.48. The molecule has 1 N–H and O–H groups in total. The summed E-state index contributed by atoms with van der Waals surface area (Å²) in [5, 5.41) is 11.7. The molecular weight excluding hydrogens is 458 g/mol. The minimum absolute atomic E-state index is 0.320. The standard InChI is InChI=1S/C26H18ClNO4S/c27-19-5-3-17-4-6-20(28-23(17)13-19)15-32-21-7-1-16(2-8-21)14-31-22-9-10-24-18(11-22)12-25(33-24)26(29)30/h1-13H,14-15H2,(H,29,30). The van der Waals surface area contributed by atoms with Crippen molar-refractivity contribution in [2.24, 2.45) is 0 Å². The summed E-state index contributed by atoms with van der Waals surface area (Å²) < 4.78 is 12.7. The van der Waals surface area contributed by atoms with E-state index in [2.05, 4.69) is 4.98 Å². The number of aromatic nitrogens is 1. The summed E-state index contributed by atoms with van der Waals surface area (Å²) in [7, 11) is 0. The van der Waals surface area contributed by atoms with E-state index in [-0.39, 0.29) is 0 Å². The zero-order valence-electron chi connectivity index (χ0n) is 17.3. The third-order valence-electron chi connectivity index (χ3n) is 5.13. The first kappa shape index (κ1) is 21.2. The highest BCUT2D eigenvalue weighted by Crippen LogP contribution is 2.29. The Kier molecular flexibility index (Phi) is 5.86. The zero-order valence-corrected chi connectivity index (χ0v) is 18.9. The number of carbonyl (C=O) groups is 1. The number of rotatable bonds is 7. The van der Waals surface area contributed by atoms with Crippen LogP contribution < -0.4 is 9.47 Å². The number of benzene rings is 3. The van der Waals surface area contributed by atoms with Gasteiger partial charge in [-0.3, -0.25) is 0 Å². The van der Waals surface area contributed by atoms with E-state index < -0.39 is 5.97 Å². The quantitative estimate of drug-likeness (QED) is 0.275. The number of carboxylic acids is 1. The second-order valence-electron chi connectivity index (χ2n) is 7.48. The third-order valence-corrected chi connectivity index (χ3v) is 6.47. The van der Waals surface area contributed by atoms with Crippen molar-refractivity contribution in [1.82, 2.24) is 4.98 Å². The fraction of sp³-hybridized carbons (Fsp3) is 0.0769. The first-order chi connectivity index (χ1) is 16.0. The van der Waals surface area contributed by atoms with Gasteiger partial charge in [-0.05, 0) is 65.5 Å². The number of thiophene rings is 1. The van der Waals surface area contributed by atoms with Gasteiger partial charge in [-0.1, -0.05) is 35.9 Å². The highest BCUT2D eigenvalue weighted by Gasteiger charge is 2.09. The Hall–Kier alpha value is -3.61. The lowest BCUT2D eigenvalue weighted by Crippen LogP contribution is -1.99. The Bertz CT molecular complexity index is 1460. The van der Waals surface area contributed by atoms with Crippen LogP contribution in [0.1, 0.15) is 20.9 Å². The number of nitrogens with zero attached hydrogens (tertiary/aromatic N) is 1. The minimum atomic E-state index is -0.915. The van der Waals surface area contributed by atoms with Crippen molar-refractivity contribution < 1.29 is 19.4 Å². The van der Waals surface area contributed by atoms with Crippen LogP contribution in [-0.2, 0) is 13.2 Å². The molecule has 0 aliphatic heterocycles. The topological polar surface area (TPSA) is 68.7 Å². The predicted octanol–water partition coefficient (Wildman–Crippen LogP) is 6.96. The van der Waals surface area contributed by atoms with Gasteiger partial charge in [0.1, 0.15) is 29.6 Å². The average Bonchev–Trinajstić information content (AvgIpc) is 3.26. The second-order valence-corrected chi connectivity index (χ2v) is 9.00. The Balaban J connectivity index is 1.19. The van der Waals surface area contributed by atoms with E-state index in [9.17, 15) is 4.79 Å². The van der Waals surface area contributed by atoms with Crippen LogP contribution in [0.2, 0.25) is 5.02 Å². The molecule has 33 heavy (non-hydrogen) atoms. The number of carboxylic acid groups (broad SMARTS) is 1. The maximum Gasteiger partial charge on any atom is 0.345 e. The van der Waals surface area contributed by atoms with E-state index in [1.54, 1.807) is 6.07 Å². The van der Waals surface area contributed by atoms with Gasteiger partial charge in [-0.2, -0.15) is 0 Å². The monoisotopic (exact) mass is 475 g/mol. The first-order valence-corrected chi connectivity index (χ1v) is 11.4. The molecule has 5 aromatic rings. The van der Waals surface area contributed by atoms with Crippen molar-refractivity contribution in [2.75, 3.05) is 0 Å². The molecule has 2 aromatic heterocycles. The molecule has 0 fully saturated rings. The minimum Gasteiger partial charge on any atom is -0.489 e. The molecule has 5 rings (SSSR count). The molecule has 2 heterocycles. The lowest BCUT2D eigenvalue weighted by Gasteiger charge is -2.09. The summed E-state index contributed by atoms with van der Waals surface area (Å²) in [6.07, 6.45) is 0. The fourth-order valence-electron chi connectivity index (χ4n) is 3.44. The van der Waals surface area contributed by atoms with Crippen LogP contribution in [-0.4, -0.2) is 16.1 Å². The molecule has 0 bridgehead atoms. The van der Waals surface area contributed by atoms with Crippen LogP contribution in [0, 0.1) is 0 Å². The largest absolute Gasteiger partial charge is 0.489 e. The number of pyridine rings is 1. The molecule has 0 saturated carbocycles. The molecule has 5 nitrogen and oxygen atoms in total. The molecule has 0 amide bonds. The van der Waals surface area contributed by atoms with Gasteiger partial charge < -0.3 is 14.6 Å². The van der Waals surface area contributed by atoms with E-state index in [0.717, 1.165) is 38.0 Å². The number of hydrogen-bond acceptors (Lipinski definition) is 5. The molecule has 0 radical (unpaired) electrons. The van der Waals surface area contributed by atoms with Crippen molar-refractivity contribution >= 4 is 49.9 Å². The summed E-state index contributed by atoms with van der Waals surface area (Å²) in [4.78, 5) is 16.1. The average molecular weight is 476 g/mol. The van der Waals surface area contributed by atoms with Crippen molar-refractivity contribution in [3.05, 3.63) is 100 Å². The number of aromatic carboxylic acids is 1. The molecule has 0 unspecified atom stereocenters. The lowest BCUT2D eigenvalue weighted by atomic mass is 10.2. The predicted molar refractivity (Wildman–Crippen MR) is 131 cm³/mol. The molecule has 0 atom stereocenters. The van der Waals surface area contributed by atoms with Crippen LogP contribution in [0.4, 0.5) is 0 Å². The van der Waals surface area contributed by atoms with Crippen LogP contribution in [0.5, 0.6) is 11.5 Å². The summed E-state index contributed by atoms with van der Waals surface area (Å²) in [6.45, 7) is 0.756. The highest BCUT2D eigenvalue weighted by atomic mass is 35.5. The summed E-state index contributed by atoms with van der Waals surface area (Å²) >= 11 is 7.31. The Morgan fingerprint density at radius 2 is 1.61 bits per heavy atom. The Morgan fingerprint density at radius 1 is 0.848 bits per heavy atom. The third kappa shape index (κ3) is 4.92. The van der Waals surface area contributed by atoms with Gasteiger partial charge in [0, 0.05) is 15.1 Å². The zero-order chi connectivity index (χ0) is 22.8. The second kappa shape index (κ2) is 9.10. The number of ether oxygens (including phenoxy) is 2. The smallest absolute Gasteiger partial charge is 0.345 e. The summed E-state index contributed by atoms with van der Waals surface area (Å²) in [5.41, 5.74) is 2.67. The van der Waals surface area contributed by atoms with Gasteiger partial charge in [0.05, 0.1) is 11.2 Å². The van der Waals surface area contributed by atoms with Crippen LogP contribution in [0.25, 0.3) is 21.0 Å². The Morgan fingerprint density at radius 3 is 2.42 bits per heavy atom. The number of fused-ring (bicyclic) bond motifs is 2. The number of hydrogen-bond donors (Lipinski definition) is 1. The van der Waals surface area contributed by atoms with Gasteiger partial charge in [0.2, 0.25) is 0 Å². The molecule has 0 aliphatic carbocycles. The summed E-state index contributed by atoms with van der Waals surface area (Å²) in [6, 6.07) is 24.6. The molecule has 7 heteroatoms. The van der Waals surface area contributed by atoms with Crippen LogP contribution >= 0.6 is 22.9 Å². The molecular formula is C26H18ClNO4S. The van der Waals surface area contributed by atoms with Crippen molar-refractivity contribution in [2.45, 2.75) is 13.2 Å². The number of halogens is 1. The molecule has 0 saturated heterocycles. The summed E-state index contributed by atoms with van der Waals surface area (Å²) in [5.74, 6) is 0.523. The van der Waals surface area contributed by atoms with E-state index in [1.807, 2.05) is 72.8 Å². The SMILES string of the molecule is O=C(O)c1cc2cc(OCc3ccc(OCc4ccc5ccc(Cl)cc5n4)cc3)ccc2s1. The highest BCUT2D eigenvalue weighted by molar-refractivity contribution is 7.20. The maximum absolute atomic E-state index is 11.1. The van der Waals surface area contributed by atoms with E-state index >= 15 is 0 Å². The molecule has 3 aromatic carbocycles. The molecule has 0 spiro atoms. The lowest BCUT2D eigenvalue weighted by molar-refractivity contribution is 0.0702. The van der Waals surface area contributed by atoms with Crippen LogP contribution in [0.3, 0.4) is 0 Å². The van der Waals surface area contributed by atoms with E-state index in [0.29, 0.717) is 28.9 Å². The van der Waals surface area contributed by atoms with Crippen molar-refractivity contribution in [1.29, 1.82) is 0 Å². The van der Waals surface area contributed by atoms with Crippen molar-refractivity contribution in [3.8, 4) is 11.5 Å². The van der Waals surface area contributed by atoms with Gasteiger partial charge in [0.15, 0.2) is 0 Å². The van der Waals surface area contributed by atoms with Gasteiger partial charge in [0.25, 0.3) is 0 Å². The van der Waals surface area contributed by atoms with E-state index in [4.69, 9.17) is 26.2 Å². The van der Waals surface area contributed by atoms with Gasteiger partial charge >= 0.3 is 5.97 Å². The van der Waals surface area contributed by atoms with Crippen molar-refractivity contribution in [3.63, 3.8) is 0 Å². The maximum atomic E-state index is 11.1. The van der Waals surface area contributed by atoms with Gasteiger partial charge in [-0.25, -0.2) is 9.78 Å². The molecule has 164 valence electrons. The molecule has 0 aliphatic rings. The van der Waals surface area contributed by atoms with Gasteiger partial charge in [-0.15, -0.1) is 11.3 Å². The first-order valence-electron chi connectivity index (χ1n) is 10.2.